The molecule has 0 radical (unpaired) electrons. The van der Waals surface area contributed by atoms with Gasteiger partial charge in [-0.15, -0.1) is 0 Å². The molecule has 0 aliphatic carbocycles. The lowest BCUT2D eigenvalue weighted by Gasteiger charge is -2.27. The van der Waals surface area contributed by atoms with Crippen LogP contribution in [0.5, 0.6) is 0 Å². The first-order valence-corrected chi connectivity index (χ1v) is 9.07. The molecular formula is C22H24N2O3. The Morgan fingerprint density at radius 1 is 1.07 bits per heavy atom. The van der Waals surface area contributed by atoms with Gasteiger partial charge in [0.15, 0.2) is 0 Å². The maximum Gasteiger partial charge on any atom is 0.254 e. The van der Waals surface area contributed by atoms with E-state index < -0.39 is 0 Å². The average molecular weight is 364 g/mol. The van der Waals surface area contributed by atoms with E-state index in [9.17, 15) is 9.59 Å². The van der Waals surface area contributed by atoms with E-state index in [1.165, 1.54) is 6.08 Å². The largest absolute Gasteiger partial charge is 0.378 e. The molecule has 1 fully saturated rings. The smallest absolute Gasteiger partial charge is 0.254 e. The number of ether oxygens (including phenoxy) is 1. The van der Waals surface area contributed by atoms with Gasteiger partial charge in [-0.2, -0.15) is 0 Å². The molecule has 0 unspecified atom stereocenters. The van der Waals surface area contributed by atoms with E-state index in [0.29, 0.717) is 37.6 Å². The van der Waals surface area contributed by atoms with Crippen LogP contribution in [0.25, 0.3) is 6.08 Å². The molecule has 1 aliphatic rings. The maximum absolute atomic E-state index is 12.7. The molecule has 0 saturated carbocycles. The topological polar surface area (TPSA) is 58.6 Å². The molecule has 2 aromatic carbocycles. The van der Waals surface area contributed by atoms with Gasteiger partial charge in [-0.25, -0.2) is 0 Å². The normalized spacial score (nSPS) is 14.4. The summed E-state index contributed by atoms with van der Waals surface area (Å²) in [7, 11) is 0. The number of rotatable bonds is 4. The lowest BCUT2D eigenvalue weighted by atomic mass is 10.0. The first-order chi connectivity index (χ1) is 13.0. The minimum atomic E-state index is -0.226. The van der Waals surface area contributed by atoms with E-state index in [2.05, 4.69) is 5.32 Å². The molecule has 0 bridgehead atoms. The number of nitrogens with one attached hydrogen (secondary N) is 1. The van der Waals surface area contributed by atoms with Gasteiger partial charge in [0.1, 0.15) is 0 Å². The minimum absolute atomic E-state index is 0.0257. The molecule has 140 valence electrons. The van der Waals surface area contributed by atoms with Crippen molar-refractivity contribution in [2.75, 3.05) is 31.6 Å². The Bertz CT molecular complexity index is 868. The van der Waals surface area contributed by atoms with Gasteiger partial charge in [0.2, 0.25) is 5.91 Å². The first-order valence-electron chi connectivity index (χ1n) is 9.07. The number of carbonyl (C=O) groups excluding carboxylic acids is 2. The maximum atomic E-state index is 12.7. The quantitative estimate of drug-likeness (QED) is 0.846. The van der Waals surface area contributed by atoms with E-state index in [1.54, 1.807) is 23.1 Å². The molecule has 27 heavy (non-hydrogen) atoms. The third kappa shape index (κ3) is 4.83. The zero-order valence-electron chi connectivity index (χ0n) is 15.7. The lowest BCUT2D eigenvalue weighted by molar-refractivity contribution is -0.111. The van der Waals surface area contributed by atoms with Crippen LogP contribution in [0.1, 0.15) is 27.0 Å². The monoisotopic (exact) mass is 364 g/mol. The molecule has 1 heterocycles. The van der Waals surface area contributed by atoms with Crippen LogP contribution in [0, 0.1) is 13.8 Å². The van der Waals surface area contributed by atoms with Crippen molar-refractivity contribution in [2.45, 2.75) is 13.8 Å². The molecular weight excluding hydrogens is 340 g/mol. The molecule has 2 aromatic rings. The fraction of sp³-hybridized carbons (Fsp3) is 0.273. The summed E-state index contributed by atoms with van der Waals surface area (Å²) in [6, 6.07) is 13.3. The number of benzene rings is 2. The van der Waals surface area contributed by atoms with Gasteiger partial charge in [-0.05, 0) is 43.2 Å². The van der Waals surface area contributed by atoms with E-state index in [4.69, 9.17) is 4.74 Å². The number of aryl methyl sites for hydroxylation is 1. The number of hydrogen-bond acceptors (Lipinski definition) is 3. The second-order valence-corrected chi connectivity index (χ2v) is 6.62. The highest BCUT2D eigenvalue weighted by molar-refractivity contribution is 6.04. The average Bonchev–Trinajstić information content (AvgIpc) is 2.68. The van der Waals surface area contributed by atoms with Crippen LogP contribution in [0.2, 0.25) is 0 Å². The van der Waals surface area contributed by atoms with Crippen molar-refractivity contribution in [1.82, 2.24) is 4.90 Å². The standard InChI is InChI=1S/C22H24N2O3/c1-16-5-3-6-18(15-16)9-10-21(25)23-20-8-4-7-19(17(20)2)22(26)24-11-13-27-14-12-24/h3-10,15H,11-14H2,1-2H3,(H,23,25). The van der Waals surface area contributed by atoms with Gasteiger partial charge in [-0.1, -0.05) is 35.9 Å². The second-order valence-electron chi connectivity index (χ2n) is 6.62. The Kier molecular flexibility index (Phi) is 6.04. The Morgan fingerprint density at radius 3 is 2.56 bits per heavy atom. The van der Waals surface area contributed by atoms with Crippen LogP contribution in [0.3, 0.4) is 0 Å². The van der Waals surface area contributed by atoms with Crippen LogP contribution in [0.15, 0.2) is 48.5 Å². The van der Waals surface area contributed by atoms with Crippen LogP contribution in [0.4, 0.5) is 5.69 Å². The predicted molar refractivity (Wildman–Crippen MR) is 107 cm³/mol. The molecule has 1 aliphatic heterocycles. The van der Waals surface area contributed by atoms with Gasteiger partial charge in [0.05, 0.1) is 13.2 Å². The molecule has 0 spiro atoms. The minimum Gasteiger partial charge on any atom is -0.378 e. The van der Waals surface area contributed by atoms with Crippen LogP contribution >= 0.6 is 0 Å². The third-order valence-corrected chi connectivity index (χ3v) is 4.59. The first kappa shape index (κ1) is 18.9. The lowest BCUT2D eigenvalue weighted by Crippen LogP contribution is -2.41. The van der Waals surface area contributed by atoms with Crippen molar-refractivity contribution < 1.29 is 14.3 Å². The van der Waals surface area contributed by atoms with Crippen LogP contribution < -0.4 is 5.32 Å². The highest BCUT2D eigenvalue weighted by atomic mass is 16.5. The van der Waals surface area contributed by atoms with E-state index in [0.717, 1.165) is 16.7 Å². The summed E-state index contributed by atoms with van der Waals surface area (Å²) in [5.74, 6) is -0.252. The Labute approximate surface area is 159 Å². The summed E-state index contributed by atoms with van der Waals surface area (Å²) in [4.78, 5) is 26.8. The summed E-state index contributed by atoms with van der Waals surface area (Å²) in [6.45, 7) is 6.17. The highest BCUT2D eigenvalue weighted by Gasteiger charge is 2.21. The number of amides is 2. The Hall–Kier alpha value is -2.92. The molecule has 2 amide bonds. The fourth-order valence-electron chi connectivity index (χ4n) is 3.06. The van der Waals surface area contributed by atoms with Crippen molar-refractivity contribution >= 4 is 23.6 Å². The van der Waals surface area contributed by atoms with Gasteiger partial charge in [0, 0.05) is 30.4 Å². The van der Waals surface area contributed by atoms with Crippen molar-refractivity contribution in [3.8, 4) is 0 Å². The third-order valence-electron chi connectivity index (χ3n) is 4.59. The zero-order valence-corrected chi connectivity index (χ0v) is 15.7. The van der Waals surface area contributed by atoms with Crippen LogP contribution in [-0.2, 0) is 9.53 Å². The Morgan fingerprint density at radius 2 is 1.81 bits per heavy atom. The number of nitrogens with zero attached hydrogens (tertiary/aromatic N) is 1. The van der Waals surface area contributed by atoms with Crippen molar-refractivity contribution in [3.63, 3.8) is 0 Å². The van der Waals surface area contributed by atoms with Crippen LogP contribution in [-0.4, -0.2) is 43.0 Å². The fourth-order valence-corrected chi connectivity index (χ4v) is 3.06. The van der Waals surface area contributed by atoms with Gasteiger partial charge >= 0.3 is 0 Å². The summed E-state index contributed by atoms with van der Waals surface area (Å²) in [6.07, 6.45) is 3.28. The summed E-state index contributed by atoms with van der Waals surface area (Å²) < 4.78 is 5.30. The molecule has 0 atom stereocenters. The molecule has 5 nitrogen and oxygen atoms in total. The number of morpholine rings is 1. The van der Waals surface area contributed by atoms with Gasteiger partial charge in [-0.3, -0.25) is 9.59 Å². The summed E-state index contributed by atoms with van der Waals surface area (Å²) in [5.41, 5.74) is 4.14. The zero-order chi connectivity index (χ0) is 19.2. The van der Waals surface area contributed by atoms with E-state index in [1.807, 2.05) is 44.2 Å². The molecule has 0 aromatic heterocycles. The number of anilines is 1. The highest BCUT2D eigenvalue weighted by Crippen LogP contribution is 2.21. The molecule has 5 heteroatoms. The number of carbonyl (C=O) groups is 2. The van der Waals surface area contributed by atoms with Crippen molar-refractivity contribution in [1.29, 1.82) is 0 Å². The summed E-state index contributed by atoms with van der Waals surface area (Å²) in [5, 5.41) is 2.87. The molecule has 1 saturated heterocycles. The SMILES string of the molecule is Cc1cccc(C=CC(=O)Nc2cccc(C(=O)N3CCOCC3)c2C)c1. The summed E-state index contributed by atoms with van der Waals surface area (Å²) >= 11 is 0. The molecule has 3 rings (SSSR count). The van der Waals surface area contributed by atoms with E-state index >= 15 is 0 Å². The van der Waals surface area contributed by atoms with Crippen molar-refractivity contribution in [2.24, 2.45) is 0 Å². The van der Waals surface area contributed by atoms with Gasteiger partial charge < -0.3 is 15.0 Å². The van der Waals surface area contributed by atoms with Gasteiger partial charge in [0.25, 0.3) is 5.91 Å². The second kappa shape index (κ2) is 8.64. The van der Waals surface area contributed by atoms with E-state index in [-0.39, 0.29) is 11.8 Å². The van der Waals surface area contributed by atoms with Crippen molar-refractivity contribution in [3.05, 3.63) is 70.8 Å². The molecule has 1 N–H and O–H groups in total. The Balaban J connectivity index is 1.71. The number of hydrogen-bond donors (Lipinski definition) is 1. The predicted octanol–water partition coefficient (Wildman–Crippen LogP) is 3.43.